The molecule has 1 rings (SSSR count). The second-order valence-corrected chi connectivity index (χ2v) is 3.48. The summed E-state index contributed by atoms with van der Waals surface area (Å²) in [4.78, 5) is 14.1. The van der Waals surface area contributed by atoms with Crippen LogP contribution in [0.4, 0.5) is 0 Å². The minimum absolute atomic E-state index is 0.225. The third kappa shape index (κ3) is 4.15. The number of carbonyl (C=O) groups excluding carboxylic acids is 1. The van der Waals surface area contributed by atoms with Crippen LogP contribution < -0.4 is 9.47 Å². The molecule has 4 heteroatoms. The summed E-state index contributed by atoms with van der Waals surface area (Å²) in [5.74, 6) is 1.18. The summed E-state index contributed by atoms with van der Waals surface area (Å²) in [6.45, 7) is 1.41. The minimum Gasteiger partial charge on any atom is -0.493 e. The number of methoxy groups -OCH3 is 2. The number of carbonyl (C=O) groups is 1. The highest BCUT2D eigenvalue weighted by Gasteiger charge is 2.05. The Morgan fingerprint density at radius 3 is 2.59 bits per heavy atom. The standard InChI is InChI=1S/C13H16NO3/c1-10(15)14-8-4-5-11-6-7-12(16-2)13(9-11)17-3/h6-7,9H,4-5H2,1-3H3/q+1. The SMILES string of the molecule is COc1ccc(CCC#[N+]C(C)=O)cc1OC. The number of hydrogen-bond acceptors (Lipinski definition) is 3. The van der Waals surface area contributed by atoms with Crippen molar-refractivity contribution in [2.45, 2.75) is 19.8 Å². The van der Waals surface area contributed by atoms with Crippen LogP contribution in [0, 0.1) is 6.07 Å². The molecule has 0 aliphatic carbocycles. The fourth-order valence-corrected chi connectivity index (χ4v) is 1.40. The maximum atomic E-state index is 10.6. The monoisotopic (exact) mass is 234 g/mol. The molecular weight excluding hydrogens is 218 g/mol. The summed E-state index contributed by atoms with van der Waals surface area (Å²) < 4.78 is 10.3. The lowest BCUT2D eigenvalue weighted by molar-refractivity contribution is -0.112. The van der Waals surface area contributed by atoms with Gasteiger partial charge in [-0.15, -0.1) is 0 Å². The van der Waals surface area contributed by atoms with E-state index in [4.69, 9.17) is 9.47 Å². The van der Waals surface area contributed by atoms with Gasteiger partial charge in [0.25, 0.3) is 6.07 Å². The zero-order chi connectivity index (χ0) is 12.7. The van der Waals surface area contributed by atoms with Crippen LogP contribution in [0.5, 0.6) is 11.5 Å². The Labute approximate surface area is 101 Å². The number of aryl methyl sites for hydroxylation is 1. The molecule has 90 valence electrons. The van der Waals surface area contributed by atoms with E-state index in [1.165, 1.54) is 6.92 Å². The van der Waals surface area contributed by atoms with Crippen LogP contribution in [0.2, 0.25) is 0 Å². The normalized spacial score (nSPS) is 9.12. The maximum Gasteiger partial charge on any atom is 0.511 e. The summed E-state index contributed by atoms with van der Waals surface area (Å²) >= 11 is 0. The highest BCUT2D eigenvalue weighted by molar-refractivity contribution is 5.83. The third-order valence-electron chi connectivity index (χ3n) is 2.21. The lowest BCUT2D eigenvalue weighted by Gasteiger charge is -2.08. The molecule has 0 unspecified atom stereocenters. The van der Waals surface area contributed by atoms with E-state index in [0.29, 0.717) is 17.9 Å². The molecule has 0 N–H and O–H groups in total. The van der Waals surface area contributed by atoms with Gasteiger partial charge in [-0.1, -0.05) is 6.07 Å². The van der Waals surface area contributed by atoms with Crippen molar-refractivity contribution >= 4 is 5.91 Å². The topological polar surface area (TPSA) is 39.9 Å². The Hall–Kier alpha value is -2.02. The predicted molar refractivity (Wildman–Crippen MR) is 65.8 cm³/mol. The van der Waals surface area contributed by atoms with Crippen molar-refractivity contribution in [2.75, 3.05) is 14.2 Å². The summed E-state index contributed by atoms with van der Waals surface area (Å²) in [5, 5.41) is 0. The van der Waals surface area contributed by atoms with E-state index in [1.54, 1.807) is 14.2 Å². The van der Waals surface area contributed by atoms with E-state index >= 15 is 0 Å². The molecule has 17 heavy (non-hydrogen) atoms. The van der Waals surface area contributed by atoms with Gasteiger partial charge >= 0.3 is 5.91 Å². The number of benzene rings is 1. The van der Waals surface area contributed by atoms with E-state index in [0.717, 1.165) is 12.0 Å². The summed E-state index contributed by atoms with van der Waals surface area (Å²) in [5.41, 5.74) is 1.09. The van der Waals surface area contributed by atoms with E-state index in [1.807, 2.05) is 18.2 Å². The molecule has 0 saturated carbocycles. The first kappa shape index (κ1) is 13.0. The van der Waals surface area contributed by atoms with Gasteiger partial charge in [0, 0.05) is 4.85 Å². The molecule has 0 aliphatic rings. The fourth-order valence-electron chi connectivity index (χ4n) is 1.40. The van der Waals surface area contributed by atoms with Crippen molar-refractivity contribution in [1.29, 1.82) is 0 Å². The van der Waals surface area contributed by atoms with Crippen LogP contribution >= 0.6 is 0 Å². The number of hydrogen-bond donors (Lipinski definition) is 0. The van der Waals surface area contributed by atoms with E-state index in [2.05, 4.69) is 10.9 Å². The van der Waals surface area contributed by atoms with E-state index in [9.17, 15) is 4.79 Å². The van der Waals surface area contributed by atoms with Gasteiger partial charge in [0.05, 0.1) is 27.6 Å². The van der Waals surface area contributed by atoms with Crippen molar-refractivity contribution in [3.8, 4) is 17.6 Å². The van der Waals surface area contributed by atoms with Crippen LogP contribution in [-0.4, -0.2) is 20.1 Å². The van der Waals surface area contributed by atoms with Crippen LogP contribution in [0.1, 0.15) is 18.9 Å². The molecule has 0 aliphatic heterocycles. The molecule has 0 atom stereocenters. The maximum absolute atomic E-state index is 10.6. The second kappa shape index (κ2) is 6.54. The van der Waals surface area contributed by atoms with Crippen molar-refractivity contribution in [3.05, 3.63) is 28.6 Å². The third-order valence-corrected chi connectivity index (χ3v) is 2.21. The van der Waals surface area contributed by atoms with Gasteiger partial charge in [-0.25, -0.2) is 4.79 Å². The lowest BCUT2D eigenvalue weighted by atomic mass is 10.1. The van der Waals surface area contributed by atoms with E-state index in [-0.39, 0.29) is 5.91 Å². The zero-order valence-corrected chi connectivity index (χ0v) is 10.3. The molecule has 4 nitrogen and oxygen atoms in total. The molecule has 0 aromatic heterocycles. The van der Waals surface area contributed by atoms with Crippen LogP contribution in [0.3, 0.4) is 0 Å². The number of nitrogens with zero attached hydrogens (tertiary/aromatic N) is 1. The van der Waals surface area contributed by atoms with Gasteiger partial charge in [0.1, 0.15) is 0 Å². The molecule has 1 aromatic carbocycles. The first-order chi connectivity index (χ1) is 8.17. The quantitative estimate of drug-likeness (QED) is 0.803. The Kier molecular flexibility index (Phi) is 5.02. The van der Waals surface area contributed by atoms with Crippen molar-refractivity contribution in [3.63, 3.8) is 0 Å². The van der Waals surface area contributed by atoms with Gasteiger partial charge in [-0.3, -0.25) is 0 Å². The van der Waals surface area contributed by atoms with Gasteiger partial charge in [-0.2, -0.15) is 0 Å². The second-order valence-electron chi connectivity index (χ2n) is 3.48. The van der Waals surface area contributed by atoms with Gasteiger partial charge in [-0.05, 0) is 24.1 Å². The number of rotatable bonds is 4. The van der Waals surface area contributed by atoms with Crippen molar-refractivity contribution < 1.29 is 14.3 Å². The Balaban J connectivity index is 2.67. The Morgan fingerprint density at radius 2 is 2.00 bits per heavy atom. The summed E-state index contributed by atoms with van der Waals surface area (Å²) in [6, 6.07) is 8.43. The summed E-state index contributed by atoms with van der Waals surface area (Å²) in [7, 11) is 3.20. The minimum atomic E-state index is -0.225. The van der Waals surface area contributed by atoms with Crippen LogP contribution in [-0.2, 0) is 11.2 Å². The molecule has 0 bridgehead atoms. The molecule has 0 fully saturated rings. The number of amides is 1. The van der Waals surface area contributed by atoms with Crippen LogP contribution in [0.15, 0.2) is 18.2 Å². The highest BCUT2D eigenvalue weighted by Crippen LogP contribution is 2.27. The lowest BCUT2D eigenvalue weighted by Crippen LogP contribution is -1.92. The van der Waals surface area contributed by atoms with Gasteiger partial charge in [0.15, 0.2) is 11.5 Å². The molecular formula is C13H16NO3+. The van der Waals surface area contributed by atoms with Gasteiger partial charge in [0.2, 0.25) is 0 Å². The number of ether oxygens (including phenoxy) is 2. The Morgan fingerprint density at radius 1 is 1.29 bits per heavy atom. The van der Waals surface area contributed by atoms with Gasteiger partial charge < -0.3 is 9.47 Å². The average molecular weight is 234 g/mol. The molecule has 1 amide bonds. The molecule has 0 heterocycles. The molecule has 1 aromatic rings. The Bertz CT molecular complexity index is 457. The molecule has 0 saturated heterocycles. The largest absolute Gasteiger partial charge is 0.511 e. The zero-order valence-electron chi connectivity index (χ0n) is 10.3. The average Bonchev–Trinajstić information content (AvgIpc) is 2.34. The van der Waals surface area contributed by atoms with Crippen molar-refractivity contribution in [2.24, 2.45) is 0 Å². The first-order valence-electron chi connectivity index (χ1n) is 5.32. The predicted octanol–water partition coefficient (Wildman–Crippen LogP) is 2.52. The van der Waals surface area contributed by atoms with Crippen LogP contribution in [0.25, 0.3) is 4.85 Å². The van der Waals surface area contributed by atoms with E-state index < -0.39 is 0 Å². The molecule has 0 radical (unpaired) electrons. The highest BCUT2D eigenvalue weighted by atomic mass is 16.5. The fraction of sp³-hybridized carbons (Fsp3) is 0.385. The molecule has 0 spiro atoms. The van der Waals surface area contributed by atoms with Crippen molar-refractivity contribution in [1.82, 2.24) is 0 Å². The first-order valence-corrected chi connectivity index (χ1v) is 5.32. The summed E-state index contributed by atoms with van der Waals surface area (Å²) in [6.07, 6.45) is 1.37. The smallest absolute Gasteiger partial charge is 0.493 e.